The van der Waals surface area contributed by atoms with Gasteiger partial charge in [0, 0.05) is 37.3 Å². The smallest absolute Gasteiger partial charge is 0.270 e. The minimum absolute atomic E-state index is 0.0535. The van der Waals surface area contributed by atoms with Gasteiger partial charge in [0.25, 0.3) is 5.91 Å². The highest BCUT2D eigenvalue weighted by Crippen LogP contribution is 2.22. The first-order valence-electron chi connectivity index (χ1n) is 8.36. The topological polar surface area (TPSA) is 89.8 Å². The Bertz CT molecular complexity index is 953. The van der Waals surface area contributed by atoms with Crippen LogP contribution in [0.5, 0.6) is 0 Å². The van der Waals surface area contributed by atoms with Crippen molar-refractivity contribution in [3.05, 3.63) is 52.6 Å². The van der Waals surface area contributed by atoms with Crippen molar-refractivity contribution in [1.29, 1.82) is 0 Å². The zero-order valence-electron chi connectivity index (χ0n) is 15.3. The molecule has 7 heteroatoms. The number of aryl methyl sites for hydroxylation is 1. The largest absolute Gasteiger partial charge is 0.346 e. The molecule has 2 aromatic rings. The minimum atomic E-state index is -0.326. The normalized spacial score (nSPS) is 14.5. The van der Waals surface area contributed by atoms with Gasteiger partial charge in [0.05, 0.1) is 11.4 Å². The molecule has 134 valence electrons. The lowest BCUT2D eigenvalue weighted by molar-refractivity contribution is -0.115. The van der Waals surface area contributed by atoms with Crippen LogP contribution >= 0.6 is 0 Å². The monoisotopic (exact) mass is 351 g/mol. The Balaban J connectivity index is 1.82. The van der Waals surface area contributed by atoms with Crippen molar-refractivity contribution in [3.63, 3.8) is 0 Å². The van der Waals surface area contributed by atoms with Crippen LogP contribution in [0, 0.1) is 6.92 Å². The van der Waals surface area contributed by atoms with Crippen LogP contribution < -0.4 is 5.32 Å². The molecule has 0 aliphatic heterocycles. The van der Waals surface area contributed by atoms with E-state index in [1.807, 2.05) is 33.0 Å². The van der Waals surface area contributed by atoms with Crippen molar-refractivity contribution in [2.75, 3.05) is 6.54 Å². The molecule has 1 N–H and O–H groups in total. The van der Waals surface area contributed by atoms with Crippen molar-refractivity contribution in [2.45, 2.75) is 27.2 Å². The number of carbonyl (C=O) groups is 2. The molecule has 1 aliphatic rings. The SMILES string of the molecule is CC1=CC(C)=C(CNC(=O)c2ncnc(-c3ccnn3C)c2C)C(=O)C1. The number of carbonyl (C=O) groups excluding carboxylic acids is 2. The maximum absolute atomic E-state index is 12.6. The molecule has 7 nitrogen and oxygen atoms in total. The third kappa shape index (κ3) is 3.33. The number of ketones is 1. The summed E-state index contributed by atoms with van der Waals surface area (Å²) in [7, 11) is 1.82. The standard InChI is InChI=1S/C19H21N5O2/c1-11-7-12(2)14(16(25)8-11)9-20-19(26)18-13(3)17(21-10-22-18)15-5-6-23-24(15)4/h5-7,10H,8-9H2,1-4H3,(H,20,26). The molecule has 0 saturated carbocycles. The number of amides is 1. The fourth-order valence-electron chi connectivity index (χ4n) is 3.12. The van der Waals surface area contributed by atoms with Crippen molar-refractivity contribution in [2.24, 2.45) is 7.05 Å². The molecule has 2 heterocycles. The first-order chi connectivity index (χ1) is 12.4. The molecule has 0 unspecified atom stereocenters. The van der Waals surface area contributed by atoms with Crippen molar-refractivity contribution < 1.29 is 9.59 Å². The van der Waals surface area contributed by atoms with Crippen LogP contribution in [0.3, 0.4) is 0 Å². The number of hydrogen-bond acceptors (Lipinski definition) is 5. The van der Waals surface area contributed by atoms with Crippen LogP contribution in [0.2, 0.25) is 0 Å². The van der Waals surface area contributed by atoms with Crippen LogP contribution in [0.1, 0.15) is 36.3 Å². The molecule has 0 atom stereocenters. The predicted octanol–water partition coefficient (Wildman–Crippen LogP) is 2.15. The summed E-state index contributed by atoms with van der Waals surface area (Å²) in [6, 6.07) is 1.83. The van der Waals surface area contributed by atoms with E-state index in [9.17, 15) is 9.59 Å². The van der Waals surface area contributed by atoms with Crippen molar-refractivity contribution in [3.8, 4) is 11.4 Å². The average Bonchev–Trinajstić information content (AvgIpc) is 2.99. The Morgan fingerprint density at radius 2 is 2.04 bits per heavy atom. The zero-order chi connectivity index (χ0) is 18.8. The molecule has 0 saturated heterocycles. The lowest BCUT2D eigenvalue weighted by atomic mass is 9.92. The summed E-state index contributed by atoms with van der Waals surface area (Å²) >= 11 is 0. The molecule has 0 fully saturated rings. The Morgan fingerprint density at radius 1 is 1.27 bits per heavy atom. The van der Waals surface area contributed by atoms with Gasteiger partial charge < -0.3 is 5.32 Å². The fourth-order valence-corrected chi connectivity index (χ4v) is 3.12. The van der Waals surface area contributed by atoms with Crippen molar-refractivity contribution >= 4 is 11.7 Å². The summed E-state index contributed by atoms with van der Waals surface area (Å²) in [5.41, 5.74) is 5.01. The third-order valence-electron chi connectivity index (χ3n) is 4.50. The maximum atomic E-state index is 12.6. The molecule has 1 aliphatic carbocycles. The van der Waals surface area contributed by atoms with Gasteiger partial charge in [0.2, 0.25) is 0 Å². The number of allylic oxidation sites excluding steroid dienone is 3. The Labute approximate surface area is 151 Å². The highest BCUT2D eigenvalue weighted by Gasteiger charge is 2.21. The van der Waals surface area contributed by atoms with Gasteiger partial charge in [-0.15, -0.1) is 0 Å². The molecule has 0 radical (unpaired) electrons. The maximum Gasteiger partial charge on any atom is 0.270 e. The quantitative estimate of drug-likeness (QED) is 0.911. The number of aromatic nitrogens is 4. The number of rotatable bonds is 4. The van der Waals surface area contributed by atoms with E-state index >= 15 is 0 Å². The van der Waals surface area contributed by atoms with E-state index < -0.39 is 0 Å². The first kappa shape index (κ1) is 17.7. The first-order valence-corrected chi connectivity index (χ1v) is 8.36. The lowest BCUT2D eigenvalue weighted by Crippen LogP contribution is -2.30. The van der Waals surface area contributed by atoms with Gasteiger partial charge in [0.15, 0.2) is 5.78 Å². The van der Waals surface area contributed by atoms with E-state index in [1.165, 1.54) is 6.33 Å². The Morgan fingerprint density at radius 3 is 2.69 bits per heavy atom. The summed E-state index contributed by atoms with van der Waals surface area (Å²) in [5, 5.41) is 6.95. The summed E-state index contributed by atoms with van der Waals surface area (Å²) in [6.07, 6.45) is 5.43. The highest BCUT2D eigenvalue weighted by atomic mass is 16.2. The molecule has 26 heavy (non-hydrogen) atoms. The van der Waals surface area contributed by atoms with Gasteiger partial charge >= 0.3 is 0 Å². The van der Waals surface area contributed by atoms with E-state index in [-0.39, 0.29) is 18.2 Å². The summed E-state index contributed by atoms with van der Waals surface area (Å²) in [5.74, 6) is -0.273. The van der Waals surface area contributed by atoms with E-state index in [4.69, 9.17) is 0 Å². The minimum Gasteiger partial charge on any atom is -0.346 e. The molecule has 0 aromatic carbocycles. The van der Waals surface area contributed by atoms with Crippen LogP contribution in [0.4, 0.5) is 0 Å². The predicted molar refractivity (Wildman–Crippen MR) is 97.4 cm³/mol. The number of nitrogens with zero attached hydrogens (tertiary/aromatic N) is 4. The second-order valence-corrected chi connectivity index (χ2v) is 6.47. The zero-order valence-corrected chi connectivity index (χ0v) is 15.3. The van der Waals surface area contributed by atoms with Gasteiger partial charge in [-0.05, 0) is 32.4 Å². The van der Waals surface area contributed by atoms with Crippen molar-refractivity contribution in [1.82, 2.24) is 25.1 Å². The Hall–Kier alpha value is -3.09. The summed E-state index contributed by atoms with van der Waals surface area (Å²) in [4.78, 5) is 33.2. The summed E-state index contributed by atoms with van der Waals surface area (Å²) < 4.78 is 1.69. The van der Waals surface area contributed by atoms with E-state index in [0.29, 0.717) is 28.9 Å². The molecule has 0 spiro atoms. The molecule has 0 bridgehead atoms. The van der Waals surface area contributed by atoms with Gasteiger partial charge in [-0.2, -0.15) is 5.10 Å². The molecular formula is C19H21N5O2. The number of nitrogens with one attached hydrogen (secondary N) is 1. The summed E-state index contributed by atoms with van der Waals surface area (Å²) in [6.45, 7) is 5.82. The second kappa shape index (κ2) is 7.03. The second-order valence-electron chi connectivity index (χ2n) is 6.47. The third-order valence-corrected chi connectivity index (χ3v) is 4.50. The lowest BCUT2D eigenvalue weighted by Gasteiger charge is -2.16. The Kier molecular flexibility index (Phi) is 4.79. The van der Waals surface area contributed by atoms with Crippen LogP contribution in [-0.2, 0) is 11.8 Å². The van der Waals surface area contributed by atoms with E-state index in [2.05, 4.69) is 20.4 Å². The number of Topliss-reactive ketones (excluding diaryl/α,β-unsaturated/α-hetero) is 1. The number of hydrogen-bond donors (Lipinski definition) is 1. The van der Waals surface area contributed by atoms with Gasteiger partial charge in [0.1, 0.15) is 12.0 Å². The van der Waals surface area contributed by atoms with E-state index in [1.54, 1.807) is 17.8 Å². The van der Waals surface area contributed by atoms with Gasteiger partial charge in [-0.3, -0.25) is 14.3 Å². The fraction of sp³-hybridized carbons (Fsp3) is 0.316. The van der Waals surface area contributed by atoms with Crippen LogP contribution in [0.25, 0.3) is 11.4 Å². The average molecular weight is 351 g/mol. The molecule has 1 amide bonds. The molecular weight excluding hydrogens is 330 g/mol. The van der Waals surface area contributed by atoms with Gasteiger partial charge in [-0.25, -0.2) is 9.97 Å². The van der Waals surface area contributed by atoms with Crippen LogP contribution in [0.15, 0.2) is 41.4 Å². The van der Waals surface area contributed by atoms with Crippen LogP contribution in [-0.4, -0.2) is 38.0 Å². The van der Waals surface area contributed by atoms with Gasteiger partial charge in [-0.1, -0.05) is 11.6 Å². The van der Waals surface area contributed by atoms with E-state index in [0.717, 1.165) is 16.8 Å². The molecule has 3 rings (SSSR count). The molecule has 2 aromatic heterocycles. The highest BCUT2D eigenvalue weighted by molar-refractivity contribution is 6.01.